The Morgan fingerprint density at radius 3 is 2.73 bits per heavy atom. The maximum absolute atomic E-state index is 13.7. The SMILES string of the molecule is FC(F)(F)c1cnc(Nc2ccc3c(c2)CCNC3)nc1N1CCc2ccccc21. The van der Waals surface area contributed by atoms with Gasteiger partial charge in [-0.1, -0.05) is 24.3 Å². The molecule has 0 atom stereocenters. The second-order valence-corrected chi connectivity index (χ2v) is 7.49. The lowest BCUT2D eigenvalue weighted by Gasteiger charge is -2.23. The fourth-order valence-electron chi connectivity index (χ4n) is 4.08. The Balaban J connectivity index is 1.51. The summed E-state index contributed by atoms with van der Waals surface area (Å²) in [5, 5.41) is 6.40. The summed E-state index contributed by atoms with van der Waals surface area (Å²) in [6, 6.07) is 13.4. The maximum Gasteiger partial charge on any atom is 0.421 e. The molecule has 1 aromatic heterocycles. The lowest BCUT2D eigenvalue weighted by molar-refractivity contribution is -0.137. The summed E-state index contributed by atoms with van der Waals surface area (Å²) in [4.78, 5) is 9.89. The number of anilines is 4. The van der Waals surface area contributed by atoms with Crippen LogP contribution in [0.25, 0.3) is 0 Å². The van der Waals surface area contributed by atoms with Crippen LogP contribution in [0.3, 0.4) is 0 Å². The number of aromatic nitrogens is 2. The minimum atomic E-state index is -4.54. The highest BCUT2D eigenvalue weighted by molar-refractivity contribution is 5.71. The number of nitrogens with one attached hydrogen (secondary N) is 2. The van der Waals surface area contributed by atoms with Crippen LogP contribution in [0, 0.1) is 0 Å². The molecular weight excluding hydrogens is 391 g/mol. The first kappa shape index (κ1) is 18.9. The van der Waals surface area contributed by atoms with Gasteiger partial charge in [0, 0.05) is 30.7 Å². The molecule has 0 spiro atoms. The van der Waals surface area contributed by atoms with Crippen LogP contribution in [-0.2, 0) is 25.6 Å². The Labute approximate surface area is 172 Å². The largest absolute Gasteiger partial charge is 0.421 e. The molecule has 3 aromatic rings. The van der Waals surface area contributed by atoms with Crippen molar-refractivity contribution in [2.75, 3.05) is 23.3 Å². The van der Waals surface area contributed by atoms with Crippen molar-refractivity contribution in [1.82, 2.24) is 15.3 Å². The number of rotatable bonds is 3. The van der Waals surface area contributed by atoms with Crippen LogP contribution in [0.2, 0.25) is 0 Å². The van der Waals surface area contributed by atoms with Gasteiger partial charge >= 0.3 is 6.18 Å². The number of hydrogen-bond acceptors (Lipinski definition) is 5. The lowest BCUT2D eigenvalue weighted by atomic mass is 10.0. The van der Waals surface area contributed by atoms with Gasteiger partial charge in [0.15, 0.2) is 5.82 Å². The van der Waals surface area contributed by atoms with Gasteiger partial charge in [0.05, 0.1) is 0 Å². The van der Waals surface area contributed by atoms with Crippen LogP contribution < -0.4 is 15.5 Å². The van der Waals surface area contributed by atoms with Crippen molar-refractivity contribution in [3.8, 4) is 0 Å². The van der Waals surface area contributed by atoms with E-state index in [1.807, 2.05) is 42.5 Å². The van der Waals surface area contributed by atoms with Crippen molar-refractivity contribution >= 4 is 23.1 Å². The summed E-state index contributed by atoms with van der Waals surface area (Å²) in [6.07, 6.45) is -2.08. The molecule has 154 valence electrons. The van der Waals surface area contributed by atoms with Crippen LogP contribution in [0.5, 0.6) is 0 Å². The highest BCUT2D eigenvalue weighted by Crippen LogP contribution is 2.41. The molecule has 0 amide bonds. The van der Waals surface area contributed by atoms with Gasteiger partial charge in [0.1, 0.15) is 5.56 Å². The zero-order chi connectivity index (χ0) is 20.7. The molecule has 2 aromatic carbocycles. The molecular formula is C22H20F3N5. The summed E-state index contributed by atoms with van der Waals surface area (Å²) >= 11 is 0. The van der Waals surface area contributed by atoms with Gasteiger partial charge in [0.2, 0.25) is 5.95 Å². The smallest absolute Gasteiger partial charge is 0.325 e. The second kappa shape index (κ2) is 7.28. The third-order valence-corrected chi connectivity index (χ3v) is 5.57. The number of fused-ring (bicyclic) bond motifs is 2. The van der Waals surface area contributed by atoms with E-state index in [9.17, 15) is 13.2 Å². The molecule has 0 bridgehead atoms. The molecule has 2 aliphatic rings. The van der Waals surface area contributed by atoms with E-state index in [0.717, 1.165) is 42.6 Å². The normalized spacial score (nSPS) is 15.6. The molecule has 8 heteroatoms. The molecule has 5 nitrogen and oxygen atoms in total. The van der Waals surface area contributed by atoms with E-state index < -0.39 is 11.7 Å². The van der Waals surface area contributed by atoms with Gasteiger partial charge in [0.25, 0.3) is 0 Å². The summed E-state index contributed by atoms with van der Waals surface area (Å²) in [5.41, 5.74) is 4.16. The van der Waals surface area contributed by atoms with E-state index >= 15 is 0 Å². The zero-order valence-electron chi connectivity index (χ0n) is 16.1. The van der Waals surface area contributed by atoms with E-state index in [0.29, 0.717) is 13.0 Å². The molecule has 2 N–H and O–H groups in total. The first-order valence-corrected chi connectivity index (χ1v) is 9.88. The van der Waals surface area contributed by atoms with Gasteiger partial charge in [-0.25, -0.2) is 4.98 Å². The molecule has 5 rings (SSSR count). The third-order valence-electron chi connectivity index (χ3n) is 5.57. The maximum atomic E-state index is 13.7. The summed E-state index contributed by atoms with van der Waals surface area (Å²) in [6.45, 7) is 2.18. The fraction of sp³-hybridized carbons (Fsp3) is 0.273. The van der Waals surface area contributed by atoms with Crippen molar-refractivity contribution < 1.29 is 13.2 Å². The summed E-state index contributed by atoms with van der Waals surface area (Å²) < 4.78 is 41.1. The van der Waals surface area contributed by atoms with Crippen molar-refractivity contribution in [3.63, 3.8) is 0 Å². The number of para-hydroxylation sites is 1. The molecule has 2 aliphatic heterocycles. The Morgan fingerprint density at radius 2 is 1.87 bits per heavy atom. The second-order valence-electron chi connectivity index (χ2n) is 7.49. The predicted octanol–water partition coefficient (Wildman–Crippen LogP) is 4.58. The Morgan fingerprint density at radius 1 is 1.00 bits per heavy atom. The average molecular weight is 411 g/mol. The molecule has 0 saturated carbocycles. The molecule has 0 radical (unpaired) electrons. The van der Waals surface area contributed by atoms with Crippen LogP contribution in [0.4, 0.5) is 36.3 Å². The van der Waals surface area contributed by atoms with Gasteiger partial charge in [-0.2, -0.15) is 18.2 Å². The van der Waals surface area contributed by atoms with E-state index in [4.69, 9.17) is 0 Å². The summed E-state index contributed by atoms with van der Waals surface area (Å²) in [7, 11) is 0. The van der Waals surface area contributed by atoms with E-state index in [2.05, 4.69) is 20.6 Å². The highest BCUT2D eigenvalue weighted by Gasteiger charge is 2.38. The monoisotopic (exact) mass is 411 g/mol. The highest BCUT2D eigenvalue weighted by atomic mass is 19.4. The van der Waals surface area contributed by atoms with E-state index in [1.165, 1.54) is 11.1 Å². The van der Waals surface area contributed by atoms with Crippen molar-refractivity contribution in [2.24, 2.45) is 0 Å². The Kier molecular flexibility index (Phi) is 4.58. The van der Waals surface area contributed by atoms with Gasteiger partial charge in [-0.3, -0.25) is 0 Å². The first-order valence-electron chi connectivity index (χ1n) is 9.88. The van der Waals surface area contributed by atoms with E-state index in [1.54, 1.807) is 4.90 Å². The lowest BCUT2D eigenvalue weighted by Crippen LogP contribution is -2.23. The van der Waals surface area contributed by atoms with Gasteiger partial charge < -0.3 is 15.5 Å². The van der Waals surface area contributed by atoms with E-state index in [-0.39, 0.29) is 11.8 Å². The topological polar surface area (TPSA) is 53.1 Å². The van der Waals surface area contributed by atoms with Crippen LogP contribution in [0.15, 0.2) is 48.7 Å². The third kappa shape index (κ3) is 3.47. The quantitative estimate of drug-likeness (QED) is 0.661. The van der Waals surface area contributed by atoms with Gasteiger partial charge in [-0.05, 0) is 54.3 Å². The molecule has 0 unspecified atom stereocenters. The first-order chi connectivity index (χ1) is 14.5. The Bertz CT molecular complexity index is 1100. The van der Waals surface area contributed by atoms with Crippen LogP contribution in [-0.4, -0.2) is 23.1 Å². The minimum Gasteiger partial charge on any atom is -0.325 e. The van der Waals surface area contributed by atoms with Crippen LogP contribution >= 0.6 is 0 Å². The van der Waals surface area contributed by atoms with Crippen molar-refractivity contribution in [2.45, 2.75) is 25.6 Å². The Hall–Kier alpha value is -3.13. The summed E-state index contributed by atoms with van der Waals surface area (Å²) in [5.74, 6) is 0.0309. The molecule has 0 saturated heterocycles. The molecule has 3 heterocycles. The predicted molar refractivity (Wildman–Crippen MR) is 109 cm³/mol. The van der Waals surface area contributed by atoms with Gasteiger partial charge in [-0.15, -0.1) is 0 Å². The minimum absolute atomic E-state index is 0.118. The number of halogens is 3. The standard InChI is InChI=1S/C22H20F3N5/c23-22(24,25)18-13-27-21(28-17-6-5-16-12-26-9-7-15(16)11-17)29-20(18)30-10-8-14-3-1-2-4-19(14)30/h1-6,11,13,26H,7-10,12H2,(H,27,28,29). The molecule has 0 fully saturated rings. The zero-order valence-corrected chi connectivity index (χ0v) is 16.1. The molecule has 0 aliphatic carbocycles. The van der Waals surface area contributed by atoms with Crippen molar-refractivity contribution in [1.29, 1.82) is 0 Å². The molecule has 30 heavy (non-hydrogen) atoms. The average Bonchev–Trinajstić information content (AvgIpc) is 3.17. The number of nitrogens with zero attached hydrogens (tertiary/aromatic N) is 3. The number of alkyl halides is 3. The van der Waals surface area contributed by atoms with Crippen LogP contribution in [0.1, 0.15) is 22.3 Å². The van der Waals surface area contributed by atoms with Crippen molar-refractivity contribution in [3.05, 3.63) is 70.9 Å². The number of hydrogen-bond donors (Lipinski definition) is 2. The fourth-order valence-corrected chi connectivity index (χ4v) is 4.08. The number of benzene rings is 2.